The monoisotopic (exact) mass is 194 g/mol. The predicted octanol–water partition coefficient (Wildman–Crippen LogP) is 1.97. The molecule has 0 spiro atoms. The van der Waals surface area contributed by atoms with Crippen molar-refractivity contribution in [1.82, 2.24) is 5.48 Å². The Balaban J connectivity index is 2.36. The van der Waals surface area contributed by atoms with Gasteiger partial charge >= 0.3 is 0 Å². The fourth-order valence-electron chi connectivity index (χ4n) is 0.857. The molecule has 0 aliphatic carbocycles. The van der Waals surface area contributed by atoms with Crippen molar-refractivity contribution in [2.45, 2.75) is 32.9 Å². The number of hydrogen-bond acceptors (Lipinski definition) is 4. The second-order valence-corrected chi connectivity index (χ2v) is 3.91. The number of hydroxylamine groups is 1. The van der Waals surface area contributed by atoms with E-state index in [1.54, 1.807) is 12.1 Å². The van der Waals surface area contributed by atoms with Gasteiger partial charge in [0.15, 0.2) is 0 Å². The molecule has 4 nitrogen and oxygen atoms in total. The first-order valence-electron chi connectivity index (χ1n) is 4.41. The summed E-state index contributed by atoms with van der Waals surface area (Å²) >= 11 is 0. The van der Waals surface area contributed by atoms with Gasteiger partial charge in [-0.3, -0.25) is 4.84 Å². The highest BCUT2D eigenvalue weighted by Gasteiger charge is 2.10. The Kier molecular flexibility index (Phi) is 3.28. The summed E-state index contributed by atoms with van der Waals surface area (Å²) in [5.41, 5.74) is 2.54. The molecule has 0 unspecified atom stereocenters. The summed E-state index contributed by atoms with van der Waals surface area (Å²) in [5, 5.41) is 8.51. The zero-order valence-electron chi connectivity index (χ0n) is 8.63. The SMILES string of the molecule is CC(C)(C)ONCc1ccc(C#N)o1. The van der Waals surface area contributed by atoms with Crippen molar-refractivity contribution in [3.63, 3.8) is 0 Å². The Labute approximate surface area is 83.4 Å². The minimum absolute atomic E-state index is 0.231. The van der Waals surface area contributed by atoms with E-state index in [1.165, 1.54) is 0 Å². The molecular weight excluding hydrogens is 180 g/mol. The van der Waals surface area contributed by atoms with E-state index in [0.29, 0.717) is 18.1 Å². The topological polar surface area (TPSA) is 58.2 Å². The molecule has 1 aromatic heterocycles. The smallest absolute Gasteiger partial charge is 0.203 e. The Hall–Kier alpha value is -1.31. The van der Waals surface area contributed by atoms with E-state index in [0.717, 1.165) is 0 Å². The molecule has 0 saturated carbocycles. The molecule has 1 aromatic rings. The van der Waals surface area contributed by atoms with Crippen LogP contribution in [0.5, 0.6) is 0 Å². The average Bonchev–Trinajstić information content (AvgIpc) is 2.50. The Morgan fingerprint density at radius 3 is 2.71 bits per heavy atom. The van der Waals surface area contributed by atoms with Crippen LogP contribution in [0.25, 0.3) is 0 Å². The molecule has 0 aromatic carbocycles. The number of furan rings is 1. The number of hydrogen-bond donors (Lipinski definition) is 1. The number of nitriles is 1. The Morgan fingerprint density at radius 2 is 2.21 bits per heavy atom. The largest absolute Gasteiger partial charge is 0.449 e. The van der Waals surface area contributed by atoms with Gasteiger partial charge in [-0.1, -0.05) is 0 Å². The number of rotatable bonds is 3. The molecule has 0 saturated heterocycles. The maximum absolute atomic E-state index is 8.51. The van der Waals surface area contributed by atoms with Crippen LogP contribution in [0, 0.1) is 11.3 Å². The van der Waals surface area contributed by atoms with Crippen LogP contribution in [-0.4, -0.2) is 5.60 Å². The van der Waals surface area contributed by atoms with Crippen LogP contribution >= 0.6 is 0 Å². The predicted molar refractivity (Wildman–Crippen MR) is 51.1 cm³/mol. The summed E-state index contributed by atoms with van der Waals surface area (Å²) in [5.74, 6) is 1.00. The second kappa shape index (κ2) is 4.27. The first-order chi connectivity index (χ1) is 6.51. The van der Waals surface area contributed by atoms with Gasteiger partial charge in [0.05, 0.1) is 12.1 Å². The lowest BCUT2D eigenvalue weighted by Gasteiger charge is -2.18. The van der Waals surface area contributed by atoms with E-state index in [-0.39, 0.29) is 5.60 Å². The molecule has 14 heavy (non-hydrogen) atoms. The fraction of sp³-hybridized carbons (Fsp3) is 0.500. The summed E-state index contributed by atoms with van der Waals surface area (Å²) in [6.07, 6.45) is 0. The van der Waals surface area contributed by atoms with Gasteiger partial charge in [0.1, 0.15) is 11.8 Å². The van der Waals surface area contributed by atoms with Crippen molar-refractivity contribution >= 4 is 0 Å². The zero-order valence-corrected chi connectivity index (χ0v) is 8.63. The zero-order chi connectivity index (χ0) is 10.6. The summed E-state index contributed by atoms with van der Waals surface area (Å²) in [4.78, 5) is 5.28. The van der Waals surface area contributed by atoms with Crippen molar-refractivity contribution in [3.8, 4) is 6.07 Å². The Morgan fingerprint density at radius 1 is 1.50 bits per heavy atom. The molecule has 1 N–H and O–H groups in total. The standard InChI is InChI=1S/C10H14N2O2/c1-10(2,3)14-12-7-9-5-4-8(6-11)13-9/h4-5,12H,7H2,1-3H3. The van der Waals surface area contributed by atoms with Crippen molar-refractivity contribution in [3.05, 3.63) is 23.7 Å². The molecule has 0 atom stereocenters. The van der Waals surface area contributed by atoms with Crippen molar-refractivity contribution in [1.29, 1.82) is 5.26 Å². The van der Waals surface area contributed by atoms with Crippen LogP contribution < -0.4 is 5.48 Å². The van der Waals surface area contributed by atoms with E-state index >= 15 is 0 Å². The first-order valence-corrected chi connectivity index (χ1v) is 4.41. The number of nitrogens with one attached hydrogen (secondary N) is 1. The molecule has 0 bridgehead atoms. The van der Waals surface area contributed by atoms with Crippen LogP contribution in [0.3, 0.4) is 0 Å². The summed E-state index contributed by atoms with van der Waals surface area (Å²) < 4.78 is 5.14. The van der Waals surface area contributed by atoms with E-state index in [1.807, 2.05) is 26.8 Å². The van der Waals surface area contributed by atoms with E-state index in [4.69, 9.17) is 14.5 Å². The first kappa shape index (κ1) is 10.8. The third kappa shape index (κ3) is 3.60. The summed E-state index contributed by atoms with van der Waals surface area (Å²) in [6, 6.07) is 5.30. The Bertz CT molecular complexity index is 331. The maximum atomic E-state index is 8.51. The van der Waals surface area contributed by atoms with Gasteiger partial charge < -0.3 is 4.42 Å². The maximum Gasteiger partial charge on any atom is 0.203 e. The van der Waals surface area contributed by atoms with Crippen LogP contribution in [0.2, 0.25) is 0 Å². The van der Waals surface area contributed by atoms with Gasteiger partial charge in [0, 0.05) is 0 Å². The molecular formula is C10H14N2O2. The quantitative estimate of drug-likeness (QED) is 0.747. The lowest BCUT2D eigenvalue weighted by atomic mass is 10.2. The lowest BCUT2D eigenvalue weighted by Crippen LogP contribution is -2.28. The third-order valence-corrected chi connectivity index (χ3v) is 1.40. The summed E-state index contributed by atoms with van der Waals surface area (Å²) in [7, 11) is 0. The van der Waals surface area contributed by atoms with Crippen molar-refractivity contribution in [2.75, 3.05) is 0 Å². The van der Waals surface area contributed by atoms with Gasteiger partial charge in [-0.15, -0.1) is 0 Å². The molecule has 0 aliphatic rings. The van der Waals surface area contributed by atoms with Gasteiger partial charge in [-0.2, -0.15) is 10.7 Å². The van der Waals surface area contributed by atoms with Gasteiger partial charge in [-0.05, 0) is 32.9 Å². The van der Waals surface area contributed by atoms with Crippen LogP contribution in [0.15, 0.2) is 16.5 Å². The average molecular weight is 194 g/mol. The molecule has 4 heteroatoms. The minimum atomic E-state index is -0.231. The molecule has 0 amide bonds. The highest BCUT2D eigenvalue weighted by molar-refractivity contribution is 5.18. The van der Waals surface area contributed by atoms with Crippen LogP contribution in [0.4, 0.5) is 0 Å². The lowest BCUT2D eigenvalue weighted by molar-refractivity contribution is -0.0775. The van der Waals surface area contributed by atoms with Gasteiger partial charge in [0.2, 0.25) is 5.76 Å². The highest BCUT2D eigenvalue weighted by Crippen LogP contribution is 2.08. The minimum Gasteiger partial charge on any atom is -0.449 e. The highest BCUT2D eigenvalue weighted by atomic mass is 16.7. The normalized spacial score (nSPS) is 11.3. The fourth-order valence-corrected chi connectivity index (χ4v) is 0.857. The van der Waals surface area contributed by atoms with E-state index in [2.05, 4.69) is 5.48 Å². The van der Waals surface area contributed by atoms with Crippen molar-refractivity contribution in [2.24, 2.45) is 0 Å². The van der Waals surface area contributed by atoms with Gasteiger partial charge in [-0.25, -0.2) is 0 Å². The number of nitrogens with zero attached hydrogens (tertiary/aromatic N) is 1. The molecule has 0 aliphatic heterocycles. The van der Waals surface area contributed by atoms with Gasteiger partial charge in [0.25, 0.3) is 0 Å². The van der Waals surface area contributed by atoms with Crippen LogP contribution in [0.1, 0.15) is 32.3 Å². The molecule has 0 radical (unpaired) electrons. The van der Waals surface area contributed by atoms with Crippen molar-refractivity contribution < 1.29 is 9.25 Å². The van der Waals surface area contributed by atoms with Crippen LogP contribution in [-0.2, 0) is 11.4 Å². The summed E-state index contributed by atoms with van der Waals surface area (Å²) in [6.45, 7) is 6.30. The van der Waals surface area contributed by atoms with E-state index < -0.39 is 0 Å². The van der Waals surface area contributed by atoms with E-state index in [9.17, 15) is 0 Å². The molecule has 76 valence electrons. The third-order valence-electron chi connectivity index (χ3n) is 1.40. The molecule has 0 fully saturated rings. The molecule has 1 heterocycles. The second-order valence-electron chi connectivity index (χ2n) is 3.91. The molecule has 1 rings (SSSR count).